The number of nitriles is 1. The van der Waals surface area contributed by atoms with Crippen molar-refractivity contribution >= 4 is 82.3 Å². The molecule has 0 aromatic heterocycles. The highest BCUT2D eigenvalue weighted by atomic mass is 35.5. The molecule has 6 aliphatic rings. The number of Topliss-reactive ketones (excluding diaryl/α,β-unsaturated/α-hetero) is 2. The molecule has 22 nitrogen and oxygen atoms in total. The zero-order valence-corrected chi connectivity index (χ0v) is 72.4. The molecule has 0 spiro atoms. The Labute approximate surface area is 732 Å². The number of aryl methyl sites for hydroxylation is 1. The van der Waals surface area contributed by atoms with Crippen molar-refractivity contribution in [2.75, 3.05) is 74.5 Å². The lowest BCUT2D eigenvalue weighted by Crippen LogP contribution is -2.49. The van der Waals surface area contributed by atoms with Crippen LogP contribution in [0.4, 0.5) is 11.4 Å². The minimum Gasteiger partial charge on any atom is -0.497 e. The predicted molar refractivity (Wildman–Crippen MR) is 479 cm³/mol. The van der Waals surface area contributed by atoms with Gasteiger partial charge in [-0.1, -0.05) is 169 Å². The van der Waals surface area contributed by atoms with Crippen molar-refractivity contribution in [3.05, 3.63) is 328 Å². The third-order valence-electron chi connectivity index (χ3n) is 22.7. The van der Waals surface area contributed by atoms with E-state index in [2.05, 4.69) is 23.1 Å². The fourth-order valence-corrected chi connectivity index (χ4v) is 16.5. The molecule has 2 saturated carbocycles. The Bertz CT molecular complexity index is 5590. The largest absolute Gasteiger partial charge is 0.497 e. The van der Waals surface area contributed by atoms with Gasteiger partial charge in [-0.3, -0.25) is 34.2 Å². The zero-order valence-electron chi connectivity index (χ0n) is 70.8. The maximum atomic E-state index is 12.9. The van der Waals surface area contributed by atoms with E-state index in [1.807, 2.05) is 222 Å². The number of aliphatic hydroxyl groups is 1. The number of hydrogen-bond donors (Lipinski definition) is 2. The van der Waals surface area contributed by atoms with Gasteiger partial charge in [-0.15, -0.1) is 0 Å². The average molecular weight is 1710 g/mol. The molecule has 4 heterocycles. The van der Waals surface area contributed by atoms with Crippen LogP contribution in [0, 0.1) is 46.1 Å². The first kappa shape index (κ1) is 90.4. The smallest absolute Gasteiger partial charge is 0.312 e. The number of rotatable bonds is 16. The number of halogens is 2. The van der Waals surface area contributed by atoms with Gasteiger partial charge in [0.15, 0.2) is 34.6 Å². The molecule has 1 amide bonds. The molecule has 2 aliphatic carbocycles. The van der Waals surface area contributed by atoms with Crippen LogP contribution >= 0.6 is 23.2 Å². The lowest BCUT2D eigenvalue weighted by molar-refractivity contribution is -0.384. The fourth-order valence-electron chi connectivity index (χ4n) is 16.1. The number of amides is 1. The molecule has 10 aromatic rings. The molecule has 0 bridgehead atoms. The Morgan fingerprint density at radius 3 is 1.62 bits per heavy atom. The van der Waals surface area contributed by atoms with Crippen molar-refractivity contribution in [1.82, 2.24) is 4.90 Å². The molecule has 10 aromatic carbocycles. The van der Waals surface area contributed by atoms with Gasteiger partial charge < -0.3 is 63.1 Å². The van der Waals surface area contributed by atoms with E-state index in [0.717, 1.165) is 109 Å². The minimum atomic E-state index is -1.39. The highest BCUT2D eigenvalue weighted by Crippen LogP contribution is 2.56. The summed E-state index contributed by atoms with van der Waals surface area (Å²) in [6.45, 7) is 8.14. The number of fused-ring (bicyclic) bond motifs is 3. The fraction of sp³-hybridized carbons (Fsp3) is 0.270. The number of ether oxygens (including phenoxy) is 10. The number of hydrogen-bond acceptors (Lipinski definition) is 20. The Hall–Kier alpha value is -12.9. The van der Waals surface area contributed by atoms with Gasteiger partial charge in [-0.25, -0.2) is 0 Å². The average Bonchev–Trinajstić information content (AvgIpc) is 0.928. The third kappa shape index (κ3) is 21.1. The summed E-state index contributed by atoms with van der Waals surface area (Å²) in [4.78, 5) is 64.4. The van der Waals surface area contributed by atoms with E-state index in [4.69, 9.17) is 76.3 Å². The Balaban J connectivity index is 0.000000142. The van der Waals surface area contributed by atoms with Crippen molar-refractivity contribution in [3.63, 3.8) is 0 Å². The van der Waals surface area contributed by atoms with Crippen molar-refractivity contribution < 1.29 is 76.6 Å². The molecule has 16 rings (SSSR count). The molecule has 124 heavy (non-hydrogen) atoms. The van der Waals surface area contributed by atoms with Crippen LogP contribution in [0.3, 0.4) is 0 Å². The van der Waals surface area contributed by atoms with Gasteiger partial charge in [-0.05, 0) is 188 Å². The number of carbonyl (C=O) groups excluding carboxylic acids is 4. The number of nitro groups is 1. The van der Waals surface area contributed by atoms with E-state index in [0.29, 0.717) is 63.1 Å². The number of nitro benzene ring substituents is 1. The van der Waals surface area contributed by atoms with Gasteiger partial charge in [0.25, 0.3) is 5.69 Å². The first-order chi connectivity index (χ1) is 59.8. The molecule has 4 aliphatic heterocycles. The number of esters is 1. The van der Waals surface area contributed by atoms with Crippen LogP contribution in [0.15, 0.2) is 247 Å². The zero-order chi connectivity index (χ0) is 88.5. The van der Waals surface area contributed by atoms with Crippen molar-refractivity contribution in [2.24, 2.45) is 23.5 Å². The number of ketones is 2. The van der Waals surface area contributed by atoms with E-state index >= 15 is 0 Å². The van der Waals surface area contributed by atoms with Crippen LogP contribution in [0.25, 0.3) is 24.3 Å². The maximum absolute atomic E-state index is 12.9. The van der Waals surface area contributed by atoms with Crippen LogP contribution in [-0.4, -0.2) is 120 Å². The van der Waals surface area contributed by atoms with Gasteiger partial charge in [0.05, 0.1) is 83.7 Å². The van der Waals surface area contributed by atoms with Crippen LogP contribution in [-0.2, 0) is 28.7 Å². The molecule has 24 heteroatoms. The molecule has 9 atom stereocenters. The predicted octanol–water partition coefficient (Wildman–Crippen LogP) is 19.7. The lowest BCUT2D eigenvalue weighted by Gasteiger charge is -2.43. The number of non-ortho nitro benzene ring substituents is 1. The quantitative estimate of drug-likeness (QED) is 0.0393. The van der Waals surface area contributed by atoms with Crippen molar-refractivity contribution in [3.8, 4) is 52.1 Å². The van der Waals surface area contributed by atoms with Gasteiger partial charge in [0.2, 0.25) is 24.2 Å². The molecule has 1 saturated heterocycles. The summed E-state index contributed by atoms with van der Waals surface area (Å²) in [5, 5.41) is 32.6. The summed E-state index contributed by atoms with van der Waals surface area (Å²) >= 11 is 12.6. The number of anilines is 1. The number of methoxy groups -OCH3 is 5. The number of carbonyl (C=O) groups is 4. The highest BCUT2D eigenvalue weighted by Gasteiger charge is 2.51. The first-order valence-corrected chi connectivity index (χ1v) is 41.3. The number of nitrogens with zero attached hydrogens (tertiary/aromatic N) is 4. The molecular weight excluding hydrogens is 1610 g/mol. The second-order valence-corrected chi connectivity index (χ2v) is 31.4. The van der Waals surface area contributed by atoms with Crippen LogP contribution in [0.1, 0.15) is 132 Å². The lowest BCUT2D eigenvalue weighted by atomic mass is 9.70. The SMILES string of the molecule is CCOC(=O)C1C(c2ccccc2)OC(N)C(C#N)[C@H]1c1ccccc1Cl.CN1C(=O)CN(C)C(c2ccccc2)c2cc(Cl)ccc21.COc1ccc(/C=C2/CC/C(=C/c3ccc(OC)cc3)C2=O)cc1.COc1ccc([C@@H]2c3cc4c(cc3O[C@](C)(O)[C@H]2C)OCO4)c(OC)c1OC.Cc1ccc(/C=C2/CC/C(=C/c3ccc([N+](=O)[O-])cc3)C2=O)cc1. The minimum absolute atomic E-state index is 0.0220. The Kier molecular flexibility index (Phi) is 30.1. The second-order valence-electron chi connectivity index (χ2n) is 30.5. The standard InChI is InChI=1S/C21H21ClN2O3.C21H24O7.C21H20O3.C20H17NO3.C17H17ClN2O/c1-2-26-21(25)18-17(14-10-6-7-11-16(14)22)15(12-23)20(24)27-19(18)13-8-4-3-5-9-13;1-11-18(12-6-7-14(23-3)20(25-5)19(12)24-4)13-8-16-17(27-10-26-16)9-15(13)28-21(11,2)22;1-23-19-9-3-15(4-10-19)13-17-7-8-18(21(17)22)14-16-5-11-20(24-2)12-6-16;1-14-2-4-15(5-3-14)12-17-8-9-18(20(17)22)13-16-6-10-19(11-7-16)21(23)24;1-19-11-16(21)20(2)15-9-8-13(18)10-14(15)17(19)12-6-4-3-5-7-12/h3-11,15,17-20H,2,24H2,1H3;6-9,11,18,22H,10H2,1-5H3;3-6,9-14H,7-8H2,1-2H3;2-7,10-13H,8-9H2,1H3;3-10,17H,11H2,1-2H3/b;;17-13-,18-14-;17-12-,18-13-;/t15?,17-,18?,19?,20?;11-,18+,21-;;;/m10.../s1. The normalized spacial score (nSPS) is 21.7. The molecule has 640 valence electrons. The number of allylic oxidation sites excluding steroid dienone is 4. The second kappa shape index (κ2) is 41.3. The van der Waals surface area contributed by atoms with E-state index in [1.165, 1.54) is 17.7 Å². The summed E-state index contributed by atoms with van der Waals surface area (Å²) in [6, 6.07) is 71.9. The molecule has 5 unspecified atom stereocenters. The molecular formula is C100H99Cl2N5O17. The monoisotopic (exact) mass is 1710 g/mol. The molecule has 3 fully saturated rings. The first-order valence-electron chi connectivity index (χ1n) is 40.5. The number of likely N-dealkylation sites (N-methyl/N-ethyl adjacent to an activating group) is 2. The van der Waals surface area contributed by atoms with E-state index in [9.17, 15) is 39.7 Å². The van der Waals surface area contributed by atoms with Gasteiger partial charge in [0, 0.05) is 99.1 Å². The van der Waals surface area contributed by atoms with Gasteiger partial charge in [0.1, 0.15) is 23.5 Å². The third-order valence-corrected chi connectivity index (χ3v) is 23.2. The summed E-state index contributed by atoms with van der Waals surface area (Å²) in [5.74, 6) is 0.996. The van der Waals surface area contributed by atoms with Gasteiger partial charge in [-0.2, -0.15) is 5.26 Å². The molecule has 0 radical (unpaired) electrons. The van der Waals surface area contributed by atoms with Crippen LogP contribution in [0.5, 0.6) is 46.0 Å². The highest BCUT2D eigenvalue weighted by molar-refractivity contribution is 6.31. The Morgan fingerprint density at radius 2 is 1.12 bits per heavy atom. The van der Waals surface area contributed by atoms with E-state index in [-0.39, 0.29) is 54.4 Å². The summed E-state index contributed by atoms with van der Waals surface area (Å²) in [5.41, 5.74) is 21.0. The number of benzene rings is 10. The Morgan fingerprint density at radius 1 is 0.613 bits per heavy atom. The maximum Gasteiger partial charge on any atom is 0.312 e. The van der Waals surface area contributed by atoms with Crippen molar-refractivity contribution in [1.29, 1.82) is 5.26 Å². The summed E-state index contributed by atoms with van der Waals surface area (Å²) in [7, 11) is 11.8. The van der Waals surface area contributed by atoms with Crippen LogP contribution < -0.4 is 48.5 Å². The van der Waals surface area contributed by atoms with Crippen molar-refractivity contribution in [2.45, 2.75) is 89.4 Å². The topological polar surface area (TPSA) is 280 Å². The van der Waals surface area contributed by atoms with Crippen LogP contribution in [0.2, 0.25) is 10.0 Å². The van der Waals surface area contributed by atoms with Gasteiger partial charge >= 0.3 is 5.97 Å². The molecule has 3 N–H and O–H groups in total. The number of nitrogens with two attached hydrogens (primary N) is 1. The summed E-state index contributed by atoms with van der Waals surface area (Å²) in [6.07, 6.45) is 9.21. The summed E-state index contributed by atoms with van der Waals surface area (Å²) < 4.78 is 55.2. The van der Waals surface area contributed by atoms with E-state index in [1.54, 1.807) is 84.6 Å². The van der Waals surface area contributed by atoms with E-state index < -0.39 is 46.8 Å².